The van der Waals surface area contributed by atoms with Crippen LogP contribution in [-0.4, -0.2) is 15.0 Å². The highest BCUT2D eigenvalue weighted by molar-refractivity contribution is 5.83. The quantitative estimate of drug-likeness (QED) is 0.550. The van der Waals surface area contributed by atoms with Crippen LogP contribution in [0.1, 0.15) is 0 Å². The molecular weight excluding hydrogens is 214 g/mol. The Bertz CT molecular complexity index is 686. The molecule has 5 nitrogen and oxygen atoms in total. The first kappa shape index (κ1) is 9.65. The van der Waals surface area contributed by atoms with E-state index in [4.69, 9.17) is 11.5 Å². The van der Waals surface area contributed by atoms with E-state index in [1.807, 2.05) is 30.3 Å². The third-order valence-electron chi connectivity index (χ3n) is 2.60. The van der Waals surface area contributed by atoms with Crippen molar-refractivity contribution in [3.05, 3.63) is 36.5 Å². The highest BCUT2D eigenvalue weighted by Crippen LogP contribution is 2.24. The summed E-state index contributed by atoms with van der Waals surface area (Å²) in [6.45, 7) is 0. The number of pyridine rings is 1. The number of aromatic amines is 1. The zero-order valence-electron chi connectivity index (χ0n) is 9.01. The minimum absolute atomic E-state index is 0.458. The molecular formula is C12H11N5. The first-order chi connectivity index (χ1) is 8.24. The van der Waals surface area contributed by atoms with E-state index >= 15 is 0 Å². The van der Waals surface area contributed by atoms with Crippen LogP contribution in [0.4, 0.5) is 11.5 Å². The Morgan fingerprint density at radius 1 is 1.12 bits per heavy atom. The number of nitrogens with one attached hydrogen (secondary N) is 1. The van der Waals surface area contributed by atoms with Crippen molar-refractivity contribution < 1.29 is 0 Å². The molecule has 0 amide bonds. The number of nitrogens with zero attached hydrogens (tertiary/aromatic N) is 2. The molecule has 0 atom stereocenters. The predicted molar refractivity (Wildman–Crippen MR) is 68.1 cm³/mol. The minimum atomic E-state index is 0.458. The van der Waals surface area contributed by atoms with Gasteiger partial charge in [-0.05, 0) is 30.3 Å². The number of aromatic nitrogens is 3. The third-order valence-corrected chi connectivity index (χ3v) is 2.60. The van der Waals surface area contributed by atoms with Gasteiger partial charge in [0.1, 0.15) is 11.6 Å². The summed E-state index contributed by atoms with van der Waals surface area (Å²) in [5.41, 5.74) is 14.8. The van der Waals surface area contributed by atoms with Gasteiger partial charge in [0, 0.05) is 11.9 Å². The average Bonchev–Trinajstić information content (AvgIpc) is 2.72. The molecule has 0 spiro atoms. The van der Waals surface area contributed by atoms with E-state index in [1.165, 1.54) is 0 Å². The van der Waals surface area contributed by atoms with Crippen LogP contribution in [0.15, 0.2) is 36.5 Å². The van der Waals surface area contributed by atoms with Gasteiger partial charge in [-0.1, -0.05) is 0 Å². The van der Waals surface area contributed by atoms with Gasteiger partial charge >= 0.3 is 0 Å². The summed E-state index contributed by atoms with van der Waals surface area (Å²) in [7, 11) is 0. The van der Waals surface area contributed by atoms with Crippen LogP contribution in [0.5, 0.6) is 0 Å². The number of nitrogen functional groups attached to an aromatic ring is 2. The predicted octanol–water partition coefficient (Wildman–Crippen LogP) is 1.79. The van der Waals surface area contributed by atoms with E-state index in [-0.39, 0.29) is 0 Å². The summed E-state index contributed by atoms with van der Waals surface area (Å²) >= 11 is 0. The molecule has 0 bridgehead atoms. The Hall–Kier alpha value is -2.56. The monoisotopic (exact) mass is 225 g/mol. The average molecular weight is 225 g/mol. The summed E-state index contributed by atoms with van der Waals surface area (Å²) in [6.07, 6.45) is 1.65. The lowest BCUT2D eigenvalue weighted by Gasteiger charge is -1.98. The number of fused-ring (bicyclic) bond motifs is 1. The molecule has 5 heteroatoms. The number of rotatable bonds is 1. The first-order valence-electron chi connectivity index (χ1n) is 5.20. The van der Waals surface area contributed by atoms with E-state index in [9.17, 15) is 0 Å². The molecule has 84 valence electrons. The maximum Gasteiger partial charge on any atom is 0.142 e. The first-order valence-corrected chi connectivity index (χ1v) is 5.20. The van der Waals surface area contributed by atoms with E-state index in [0.717, 1.165) is 16.6 Å². The Kier molecular flexibility index (Phi) is 1.98. The lowest BCUT2D eigenvalue weighted by atomic mass is 10.2. The molecule has 0 saturated carbocycles. The summed E-state index contributed by atoms with van der Waals surface area (Å²) in [4.78, 5) is 11.7. The Morgan fingerprint density at radius 3 is 2.82 bits per heavy atom. The molecule has 0 saturated heterocycles. The van der Waals surface area contributed by atoms with Gasteiger partial charge in [-0.25, -0.2) is 9.97 Å². The molecule has 0 aliphatic heterocycles. The Morgan fingerprint density at radius 2 is 2.00 bits per heavy atom. The number of imidazole rings is 1. The second kappa shape index (κ2) is 3.48. The van der Waals surface area contributed by atoms with Gasteiger partial charge in [-0.15, -0.1) is 0 Å². The Labute approximate surface area is 97.5 Å². The smallest absolute Gasteiger partial charge is 0.142 e. The SMILES string of the molecule is Nc1ccc2nc(-c3cccnc3N)[nH]c2c1. The van der Waals surface area contributed by atoms with Crippen LogP contribution in [0.25, 0.3) is 22.4 Å². The van der Waals surface area contributed by atoms with E-state index in [2.05, 4.69) is 15.0 Å². The summed E-state index contributed by atoms with van der Waals surface area (Å²) in [6, 6.07) is 9.24. The highest BCUT2D eigenvalue weighted by Gasteiger charge is 2.08. The number of nitrogens with two attached hydrogens (primary N) is 2. The lowest BCUT2D eigenvalue weighted by molar-refractivity contribution is 1.28. The van der Waals surface area contributed by atoms with Crippen LogP contribution < -0.4 is 11.5 Å². The van der Waals surface area contributed by atoms with Crippen molar-refractivity contribution >= 4 is 22.5 Å². The van der Waals surface area contributed by atoms with E-state index in [0.29, 0.717) is 17.3 Å². The molecule has 0 aliphatic carbocycles. The molecule has 17 heavy (non-hydrogen) atoms. The van der Waals surface area contributed by atoms with Crippen molar-refractivity contribution in [3.8, 4) is 11.4 Å². The molecule has 2 heterocycles. The highest BCUT2D eigenvalue weighted by atomic mass is 14.9. The van der Waals surface area contributed by atoms with Crippen molar-refractivity contribution in [2.24, 2.45) is 0 Å². The number of H-pyrrole nitrogens is 1. The summed E-state index contributed by atoms with van der Waals surface area (Å²) in [5, 5.41) is 0. The molecule has 0 aliphatic rings. The van der Waals surface area contributed by atoms with Gasteiger partial charge in [0.2, 0.25) is 0 Å². The van der Waals surface area contributed by atoms with Crippen LogP contribution in [-0.2, 0) is 0 Å². The largest absolute Gasteiger partial charge is 0.399 e. The topological polar surface area (TPSA) is 93.6 Å². The summed E-state index contributed by atoms with van der Waals surface area (Å²) in [5.74, 6) is 1.16. The fourth-order valence-corrected chi connectivity index (χ4v) is 1.77. The second-order valence-corrected chi connectivity index (χ2v) is 3.80. The van der Waals surface area contributed by atoms with Gasteiger partial charge in [-0.2, -0.15) is 0 Å². The van der Waals surface area contributed by atoms with Crippen molar-refractivity contribution in [2.45, 2.75) is 0 Å². The van der Waals surface area contributed by atoms with Crippen molar-refractivity contribution in [1.82, 2.24) is 15.0 Å². The van der Waals surface area contributed by atoms with Crippen LogP contribution in [0.3, 0.4) is 0 Å². The second-order valence-electron chi connectivity index (χ2n) is 3.80. The third kappa shape index (κ3) is 1.57. The molecule has 0 fully saturated rings. The fraction of sp³-hybridized carbons (Fsp3) is 0. The van der Waals surface area contributed by atoms with Gasteiger partial charge in [0.15, 0.2) is 0 Å². The number of hydrogen-bond acceptors (Lipinski definition) is 4. The van der Waals surface area contributed by atoms with E-state index < -0.39 is 0 Å². The molecule has 5 N–H and O–H groups in total. The Balaban J connectivity index is 2.22. The molecule has 0 radical (unpaired) electrons. The van der Waals surface area contributed by atoms with Crippen LogP contribution >= 0.6 is 0 Å². The van der Waals surface area contributed by atoms with Gasteiger partial charge < -0.3 is 16.5 Å². The summed E-state index contributed by atoms with van der Waals surface area (Å²) < 4.78 is 0. The fourth-order valence-electron chi connectivity index (χ4n) is 1.77. The maximum atomic E-state index is 5.81. The van der Waals surface area contributed by atoms with E-state index in [1.54, 1.807) is 6.20 Å². The lowest BCUT2D eigenvalue weighted by Crippen LogP contribution is -1.93. The van der Waals surface area contributed by atoms with Crippen molar-refractivity contribution in [2.75, 3.05) is 11.5 Å². The number of anilines is 2. The van der Waals surface area contributed by atoms with Crippen molar-refractivity contribution in [1.29, 1.82) is 0 Å². The number of benzene rings is 1. The van der Waals surface area contributed by atoms with Crippen molar-refractivity contribution in [3.63, 3.8) is 0 Å². The molecule has 2 aromatic heterocycles. The van der Waals surface area contributed by atoms with Crippen LogP contribution in [0, 0.1) is 0 Å². The van der Waals surface area contributed by atoms with Gasteiger partial charge in [-0.3, -0.25) is 0 Å². The normalized spacial score (nSPS) is 10.8. The molecule has 3 aromatic rings. The molecule has 0 unspecified atom stereocenters. The molecule has 1 aromatic carbocycles. The minimum Gasteiger partial charge on any atom is -0.399 e. The zero-order valence-corrected chi connectivity index (χ0v) is 9.01. The zero-order chi connectivity index (χ0) is 11.8. The number of hydrogen-bond donors (Lipinski definition) is 3. The maximum absolute atomic E-state index is 5.81. The van der Waals surface area contributed by atoms with Crippen LogP contribution in [0.2, 0.25) is 0 Å². The standard InChI is InChI=1S/C12H11N5/c13-7-3-4-9-10(6-7)17-12(16-9)8-2-1-5-15-11(8)14/h1-6H,13H2,(H2,14,15)(H,16,17). The van der Waals surface area contributed by atoms with Gasteiger partial charge in [0.05, 0.1) is 16.6 Å². The van der Waals surface area contributed by atoms with Gasteiger partial charge in [0.25, 0.3) is 0 Å². The molecule has 3 rings (SSSR count).